The minimum Gasteiger partial charge on any atom is -0.392 e. The molecule has 1 N–H and O–H groups in total. The average Bonchev–Trinajstić information content (AvgIpc) is 2.73. The Balaban J connectivity index is 2.51. The van der Waals surface area contributed by atoms with Crippen LogP contribution in [0.2, 0.25) is 0 Å². The number of hydrogen-bond acceptors (Lipinski definition) is 2. The van der Waals surface area contributed by atoms with Crippen molar-refractivity contribution in [3.63, 3.8) is 0 Å². The van der Waals surface area contributed by atoms with E-state index in [0.717, 1.165) is 0 Å². The molecule has 4 atom stereocenters. The van der Waals surface area contributed by atoms with E-state index in [4.69, 9.17) is 0 Å². The van der Waals surface area contributed by atoms with Crippen LogP contribution in [0.5, 0.6) is 0 Å². The summed E-state index contributed by atoms with van der Waals surface area (Å²) in [5, 5.41) is 9.65. The van der Waals surface area contributed by atoms with Gasteiger partial charge >= 0.3 is 0 Å². The highest BCUT2D eigenvalue weighted by Crippen LogP contribution is 2.41. The molecule has 0 radical (unpaired) electrons. The minimum atomic E-state index is -0.184. The van der Waals surface area contributed by atoms with Gasteiger partial charge in [0.25, 0.3) is 0 Å². The molecule has 1 rings (SSSR count). The summed E-state index contributed by atoms with van der Waals surface area (Å²) < 4.78 is 0. The van der Waals surface area contributed by atoms with E-state index in [0.29, 0.717) is 12.1 Å². The Bertz CT molecular complexity index is 183. The largest absolute Gasteiger partial charge is 0.392 e. The third-order valence-electron chi connectivity index (χ3n) is 3.11. The maximum absolute atomic E-state index is 9.65. The van der Waals surface area contributed by atoms with Gasteiger partial charge in [0.2, 0.25) is 0 Å². The zero-order chi connectivity index (χ0) is 10.9. The summed E-state index contributed by atoms with van der Waals surface area (Å²) in [5.74, 6) is 0. The van der Waals surface area contributed by atoms with Crippen molar-refractivity contribution in [3.05, 3.63) is 0 Å². The SMILES string of the molecule is CCCC[C@H]1[C@@H]([C@@H](C)O)N1C(C)(C)C. The second-order valence-electron chi connectivity index (χ2n) is 5.52. The van der Waals surface area contributed by atoms with E-state index < -0.39 is 0 Å². The smallest absolute Gasteiger partial charge is 0.0682 e. The lowest BCUT2D eigenvalue weighted by Gasteiger charge is -2.23. The first-order valence-electron chi connectivity index (χ1n) is 5.86. The van der Waals surface area contributed by atoms with Gasteiger partial charge in [-0.2, -0.15) is 0 Å². The molecule has 14 heavy (non-hydrogen) atoms. The van der Waals surface area contributed by atoms with Crippen molar-refractivity contribution in [3.8, 4) is 0 Å². The number of hydrogen-bond donors (Lipinski definition) is 1. The van der Waals surface area contributed by atoms with Gasteiger partial charge in [-0.05, 0) is 34.1 Å². The Hall–Kier alpha value is -0.0800. The molecule has 0 aromatic rings. The summed E-state index contributed by atoms with van der Waals surface area (Å²) in [4.78, 5) is 2.45. The van der Waals surface area contributed by atoms with Crippen molar-refractivity contribution in [1.82, 2.24) is 4.90 Å². The van der Waals surface area contributed by atoms with Crippen molar-refractivity contribution < 1.29 is 5.11 Å². The first-order valence-corrected chi connectivity index (χ1v) is 5.86. The van der Waals surface area contributed by atoms with Crippen molar-refractivity contribution in [2.75, 3.05) is 0 Å². The van der Waals surface area contributed by atoms with Gasteiger partial charge in [0.1, 0.15) is 0 Å². The lowest BCUT2D eigenvalue weighted by molar-refractivity contribution is 0.151. The summed E-state index contributed by atoms with van der Waals surface area (Å²) in [5.41, 5.74) is 0.208. The molecule has 0 amide bonds. The number of rotatable bonds is 4. The van der Waals surface area contributed by atoms with Gasteiger partial charge in [0.15, 0.2) is 0 Å². The van der Waals surface area contributed by atoms with E-state index in [1.54, 1.807) is 0 Å². The van der Waals surface area contributed by atoms with Crippen LogP contribution >= 0.6 is 0 Å². The summed E-state index contributed by atoms with van der Waals surface area (Å²) in [6.45, 7) is 10.8. The first-order chi connectivity index (χ1) is 6.39. The lowest BCUT2D eigenvalue weighted by Crippen LogP contribution is -2.30. The molecule has 0 bridgehead atoms. The average molecular weight is 199 g/mol. The molecule has 2 heteroatoms. The summed E-state index contributed by atoms with van der Waals surface area (Å²) in [7, 11) is 0. The summed E-state index contributed by atoms with van der Waals surface area (Å²) in [6, 6.07) is 1.02. The Labute approximate surface area is 88.3 Å². The molecule has 1 heterocycles. The summed E-state index contributed by atoms with van der Waals surface area (Å²) >= 11 is 0. The highest BCUT2D eigenvalue weighted by Gasteiger charge is 2.54. The van der Waals surface area contributed by atoms with E-state index in [2.05, 4.69) is 32.6 Å². The Kier molecular flexibility index (Phi) is 3.59. The van der Waals surface area contributed by atoms with Crippen LogP contribution in [0.25, 0.3) is 0 Å². The predicted octanol–water partition coefficient (Wildman–Crippen LogP) is 2.41. The number of nitrogens with zero attached hydrogens (tertiary/aromatic N) is 1. The summed E-state index contributed by atoms with van der Waals surface area (Å²) in [6.07, 6.45) is 3.58. The zero-order valence-corrected chi connectivity index (χ0v) is 10.2. The normalized spacial score (nSPS) is 34.3. The van der Waals surface area contributed by atoms with Crippen LogP contribution in [0.3, 0.4) is 0 Å². The quantitative estimate of drug-likeness (QED) is 0.703. The van der Waals surface area contributed by atoms with E-state index in [-0.39, 0.29) is 11.6 Å². The van der Waals surface area contributed by atoms with Gasteiger partial charge in [-0.3, -0.25) is 4.90 Å². The Morgan fingerprint density at radius 2 is 1.93 bits per heavy atom. The van der Waals surface area contributed by atoms with Gasteiger partial charge in [-0.15, -0.1) is 0 Å². The van der Waals surface area contributed by atoms with E-state index in [1.165, 1.54) is 19.3 Å². The maximum atomic E-state index is 9.65. The number of unbranched alkanes of at least 4 members (excludes halogenated alkanes) is 1. The van der Waals surface area contributed by atoms with Gasteiger partial charge in [-0.1, -0.05) is 19.8 Å². The lowest BCUT2D eigenvalue weighted by atomic mass is 10.1. The van der Waals surface area contributed by atoms with Gasteiger partial charge < -0.3 is 5.11 Å². The highest BCUT2D eigenvalue weighted by atomic mass is 16.3. The molecule has 1 aliphatic rings. The van der Waals surface area contributed by atoms with Crippen LogP contribution in [0.4, 0.5) is 0 Å². The molecule has 0 aromatic carbocycles. The molecule has 84 valence electrons. The molecule has 1 aliphatic heterocycles. The highest BCUT2D eigenvalue weighted by molar-refractivity contribution is 5.09. The Morgan fingerprint density at radius 1 is 1.36 bits per heavy atom. The second-order valence-corrected chi connectivity index (χ2v) is 5.52. The molecule has 1 saturated heterocycles. The molecule has 1 fully saturated rings. The standard InChI is InChI=1S/C12H25NO/c1-6-7-8-10-11(9(2)14)13(10)12(3,4)5/h9-11,14H,6-8H2,1-5H3/t9-,10+,11-,13?/m1/s1. The third-order valence-corrected chi connectivity index (χ3v) is 3.11. The van der Waals surface area contributed by atoms with Crippen molar-refractivity contribution in [2.24, 2.45) is 0 Å². The molecule has 0 aromatic heterocycles. The van der Waals surface area contributed by atoms with Crippen LogP contribution < -0.4 is 0 Å². The second kappa shape index (κ2) is 4.19. The topological polar surface area (TPSA) is 23.2 Å². The van der Waals surface area contributed by atoms with Crippen LogP contribution in [-0.4, -0.2) is 33.7 Å². The monoisotopic (exact) mass is 199 g/mol. The molecule has 0 spiro atoms. The molecule has 2 nitrogen and oxygen atoms in total. The van der Waals surface area contributed by atoms with E-state index in [9.17, 15) is 5.11 Å². The Morgan fingerprint density at radius 3 is 2.21 bits per heavy atom. The molecule has 0 saturated carbocycles. The molecule has 1 unspecified atom stereocenters. The van der Waals surface area contributed by atoms with E-state index in [1.807, 2.05) is 6.92 Å². The third kappa shape index (κ3) is 2.48. The van der Waals surface area contributed by atoms with Crippen molar-refractivity contribution >= 4 is 0 Å². The fourth-order valence-electron chi connectivity index (χ4n) is 2.52. The van der Waals surface area contributed by atoms with Crippen LogP contribution in [-0.2, 0) is 0 Å². The van der Waals surface area contributed by atoms with Gasteiger partial charge in [0.05, 0.1) is 12.1 Å². The van der Waals surface area contributed by atoms with E-state index >= 15 is 0 Å². The predicted molar refractivity (Wildman–Crippen MR) is 60.4 cm³/mol. The fraction of sp³-hybridized carbons (Fsp3) is 1.00. The minimum absolute atomic E-state index is 0.184. The van der Waals surface area contributed by atoms with Crippen molar-refractivity contribution in [2.45, 2.75) is 77.6 Å². The number of aliphatic hydroxyl groups excluding tert-OH is 1. The molecule has 0 aliphatic carbocycles. The van der Waals surface area contributed by atoms with Crippen LogP contribution in [0.1, 0.15) is 53.9 Å². The first kappa shape index (κ1) is 12.0. The molecular weight excluding hydrogens is 174 g/mol. The van der Waals surface area contributed by atoms with Gasteiger partial charge in [0, 0.05) is 11.6 Å². The maximum Gasteiger partial charge on any atom is 0.0682 e. The van der Waals surface area contributed by atoms with Crippen LogP contribution in [0.15, 0.2) is 0 Å². The van der Waals surface area contributed by atoms with Gasteiger partial charge in [-0.25, -0.2) is 0 Å². The fourth-order valence-corrected chi connectivity index (χ4v) is 2.52. The van der Waals surface area contributed by atoms with Crippen LogP contribution in [0, 0.1) is 0 Å². The zero-order valence-electron chi connectivity index (χ0n) is 10.2. The van der Waals surface area contributed by atoms with Crippen molar-refractivity contribution in [1.29, 1.82) is 0 Å². The number of aliphatic hydroxyl groups is 1. The molecular formula is C12H25NO.